The van der Waals surface area contributed by atoms with Crippen molar-refractivity contribution in [3.05, 3.63) is 58.9 Å². The second kappa shape index (κ2) is 8.24. The number of hydrogen-bond acceptors (Lipinski definition) is 7. The highest BCUT2D eigenvalue weighted by molar-refractivity contribution is 7.21. The van der Waals surface area contributed by atoms with E-state index in [4.69, 9.17) is 0 Å². The van der Waals surface area contributed by atoms with Gasteiger partial charge in [-0.3, -0.25) is 19.6 Å². The highest BCUT2D eigenvalue weighted by atomic mass is 32.1. The number of amides is 1. The second-order valence-electron chi connectivity index (χ2n) is 9.83. The zero-order chi connectivity index (χ0) is 24.2. The molecule has 10 heteroatoms. The summed E-state index contributed by atoms with van der Waals surface area (Å²) in [6.45, 7) is 8.04. The van der Waals surface area contributed by atoms with Crippen LogP contribution in [0.2, 0.25) is 0 Å². The van der Waals surface area contributed by atoms with Gasteiger partial charge in [-0.15, -0.1) is 11.3 Å². The summed E-state index contributed by atoms with van der Waals surface area (Å²) < 4.78 is 1.72. The van der Waals surface area contributed by atoms with E-state index in [0.29, 0.717) is 39.5 Å². The third-order valence-electron chi connectivity index (χ3n) is 6.60. The Kier molecular flexibility index (Phi) is 5.15. The number of carbonyl (C=O) groups excluding carboxylic acids is 1. The fourth-order valence-corrected chi connectivity index (χ4v) is 5.86. The zero-order valence-corrected chi connectivity index (χ0v) is 20.4. The lowest BCUT2D eigenvalue weighted by Gasteiger charge is -2.19. The van der Waals surface area contributed by atoms with Gasteiger partial charge in [0.05, 0.1) is 16.0 Å². The molecule has 5 aromatic heterocycles. The molecule has 0 aliphatic carbocycles. The molecule has 1 fully saturated rings. The smallest absolute Gasteiger partial charge is 0.261 e. The number of carbonyl (C=O) groups is 1. The van der Waals surface area contributed by atoms with Gasteiger partial charge in [-0.1, -0.05) is 13.8 Å². The van der Waals surface area contributed by atoms with E-state index in [2.05, 4.69) is 44.1 Å². The van der Waals surface area contributed by atoms with E-state index in [0.717, 1.165) is 34.9 Å². The van der Waals surface area contributed by atoms with Crippen molar-refractivity contribution in [1.82, 2.24) is 34.8 Å². The molecule has 0 atom stereocenters. The van der Waals surface area contributed by atoms with Gasteiger partial charge in [0.25, 0.3) is 11.5 Å². The molecule has 0 saturated carbocycles. The molecule has 0 bridgehead atoms. The summed E-state index contributed by atoms with van der Waals surface area (Å²) >= 11 is 1.49. The molecule has 6 heterocycles. The number of aromatic nitrogens is 5. The standard InChI is InChI=1S/C25H25N7O2S/c1-25(2)5-9-31(14-25)10-8-27-22(33)16-11-17-20(28-12-16)21-19(23(34)29-17)24-32(30-21)13-18(35-24)15-3-6-26-7-4-15/h3-4,6-7,11-13H,5,8-10,14H2,1-2H3,(H,27,33)(H,29,34). The van der Waals surface area contributed by atoms with Crippen LogP contribution in [0, 0.1) is 5.41 Å². The van der Waals surface area contributed by atoms with Gasteiger partial charge in [0.15, 0.2) is 0 Å². The summed E-state index contributed by atoms with van der Waals surface area (Å²) in [6.07, 6.45) is 8.10. The third kappa shape index (κ3) is 3.98. The fourth-order valence-electron chi connectivity index (χ4n) is 4.77. The van der Waals surface area contributed by atoms with Gasteiger partial charge in [0.2, 0.25) is 0 Å². The molecule has 1 aliphatic heterocycles. The van der Waals surface area contributed by atoms with E-state index in [1.54, 1.807) is 29.2 Å². The molecular weight excluding hydrogens is 462 g/mol. The summed E-state index contributed by atoms with van der Waals surface area (Å²) in [4.78, 5) is 41.3. The number of pyridine rings is 3. The largest absolute Gasteiger partial charge is 0.351 e. The van der Waals surface area contributed by atoms with Crippen LogP contribution in [0.1, 0.15) is 30.6 Å². The van der Waals surface area contributed by atoms with Crippen LogP contribution in [0.15, 0.2) is 47.8 Å². The molecule has 35 heavy (non-hydrogen) atoms. The number of likely N-dealkylation sites (tertiary alicyclic amines) is 1. The highest BCUT2D eigenvalue weighted by Gasteiger charge is 2.28. The number of nitrogens with zero attached hydrogens (tertiary/aromatic N) is 5. The van der Waals surface area contributed by atoms with Crippen LogP contribution in [0.5, 0.6) is 0 Å². The summed E-state index contributed by atoms with van der Waals surface area (Å²) in [7, 11) is 0. The Balaban J connectivity index is 1.27. The van der Waals surface area contributed by atoms with Crippen LogP contribution < -0.4 is 10.9 Å². The summed E-state index contributed by atoms with van der Waals surface area (Å²) in [6, 6.07) is 5.52. The lowest BCUT2D eigenvalue weighted by atomic mass is 9.93. The first-order chi connectivity index (χ1) is 16.9. The van der Waals surface area contributed by atoms with Crippen molar-refractivity contribution in [1.29, 1.82) is 0 Å². The number of H-pyrrole nitrogens is 1. The molecule has 178 valence electrons. The van der Waals surface area contributed by atoms with E-state index in [-0.39, 0.29) is 11.5 Å². The summed E-state index contributed by atoms with van der Waals surface area (Å²) in [5.74, 6) is -0.202. The number of nitrogens with one attached hydrogen (secondary N) is 2. The Bertz CT molecular complexity index is 1630. The number of hydrogen-bond donors (Lipinski definition) is 2. The number of fused-ring (bicyclic) bond motifs is 5. The first-order valence-corrected chi connectivity index (χ1v) is 12.4. The Morgan fingerprint density at radius 2 is 2.09 bits per heavy atom. The van der Waals surface area contributed by atoms with Crippen LogP contribution in [-0.2, 0) is 0 Å². The van der Waals surface area contributed by atoms with Gasteiger partial charge < -0.3 is 15.2 Å². The first-order valence-electron chi connectivity index (χ1n) is 11.6. The molecule has 1 amide bonds. The predicted molar refractivity (Wildman–Crippen MR) is 137 cm³/mol. The molecule has 9 nitrogen and oxygen atoms in total. The van der Waals surface area contributed by atoms with Gasteiger partial charge in [-0.25, -0.2) is 4.52 Å². The monoisotopic (exact) mass is 487 g/mol. The third-order valence-corrected chi connectivity index (χ3v) is 7.74. The Labute approximate surface area is 204 Å². The number of aromatic amines is 1. The minimum absolute atomic E-state index is 0.202. The highest BCUT2D eigenvalue weighted by Crippen LogP contribution is 2.33. The van der Waals surface area contributed by atoms with Crippen LogP contribution in [-0.4, -0.2) is 61.6 Å². The summed E-state index contributed by atoms with van der Waals surface area (Å²) in [5.41, 5.74) is 3.11. The molecular formula is C25H25N7O2S. The molecule has 0 aromatic carbocycles. The van der Waals surface area contributed by atoms with Crippen molar-refractivity contribution in [3.8, 4) is 10.4 Å². The minimum Gasteiger partial charge on any atom is -0.351 e. The van der Waals surface area contributed by atoms with Crippen LogP contribution in [0.4, 0.5) is 0 Å². The first kappa shape index (κ1) is 21.9. The van der Waals surface area contributed by atoms with Crippen molar-refractivity contribution >= 4 is 44.0 Å². The Morgan fingerprint density at radius 3 is 2.86 bits per heavy atom. The van der Waals surface area contributed by atoms with Gasteiger partial charge in [0, 0.05) is 44.4 Å². The molecule has 1 saturated heterocycles. The van der Waals surface area contributed by atoms with E-state index in [1.165, 1.54) is 17.8 Å². The normalized spacial score (nSPS) is 15.9. The maximum absolute atomic E-state index is 13.0. The van der Waals surface area contributed by atoms with E-state index in [9.17, 15) is 9.59 Å². The molecule has 6 rings (SSSR count). The lowest BCUT2D eigenvalue weighted by molar-refractivity contribution is 0.0949. The van der Waals surface area contributed by atoms with Crippen molar-refractivity contribution in [2.24, 2.45) is 5.41 Å². The van der Waals surface area contributed by atoms with Crippen molar-refractivity contribution in [3.63, 3.8) is 0 Å². The van der Waals surface area contributed by atoms with Gasteiger partial charge in [0.1, 0.15) is 21.3 Å². The maximum atomic E-state index is 13.0. The van der Waals surface area contributed by atoms with Crippen molar-refractivity contribution in [2.75, 3.05) is 26.2 Å². The van der Waals surface area contributed by atoms with E-state index >= 15 is 0 Å². The molecule has 5 aromatic rings. The van der Waals surface area contributed by atoms with Gasteiger partial charge >= 0.3 is 0 Å². The Morgan fingerprint density at radius 1 is 1.26 bits per heavy atom. The predicted octanol–water partition coefficient (Wildman–Crippen LogP) is 3.31. The van der Waals surface area contributed by atoms with Crippen molar-refractivity contribution in [2.45, 2.75) is 20.3 Å². The Hall–Kier alpha value is -3.63. The maximum Gasteiger partial charge on any atom is 0.261 e. The number of rotatable bonds is 5. The van der Waals surface area contributed by atoms with Crippen LogP contribution >= 0.6 is 11.3 Å². The molecule has 1 aliphatic rings. The quantitative estimate of drug-likeness (QED) is 0.394. The molecule has 0 radical (unpaired) electrons. The van der Waals surface area contributed by atoms with E-state index < -0.39 is 0 Å². The number of thiazole rings is 1. The molecule has 2 N–H and O–H groups in total. The average molecular weight is 488 g/mol. The van der Waals surface area contributed by atoms with Crippen molar-refractivity contribution < 1.29 is 4.79 Å². The fraction of sp³-hybridized carbons (Fsp3) is 0.320. The van der Waals surface area contributed by atoms with Crippen LogP contribution in [0.25, 0.3) is 37.2 Å². The van der Waals surface area contributed by atoms with Gasteiger partial charge in [-0.05, 0) is 42.1 Å². The van der Waals surface area contributed by atoms with E-state index in [1.807, 2.05) is 18.3 Å². The van der Waals surface area contributed by atoms with Crippen LogP contribution in [0.3, 0.4) is 0 Å². The lowest BCUT2D eigenvalue weighted by Crippen LogP contribution is -2.34. The average Bonchev–Trinajstić information content (AvgIpc) is 3.51. The zero-order valence-electron chi connectivity index (χ0n) is 19.5. The minimum atomic E-state index is -0.248. The molecule has 0 unspecified atom stereocenters. The topological polar surface area (TPSA) is 108 Å². The second-order valence-corrected chi connectivity index (χ2v) is 10.9. The summed E-state index contributed by atoms with van der Waals surface area (Å²) in [5, 5.41) is 8.13. The molecule has 0 spiro atoms. The van der Waals surface area contributed by atoms with Gasteiger partial charge in [-0.2, -0.15) is 5.10 Å². The SMILES string of the molecule is CC1(C)CCN(CCNC(=O)c2cnc3c(c2)[nH]c(=O)c2c3nn3cc(-c4ccncc4)sc23)C1.